The van der Waals surface area contributed by atoms with E-state index in [0.717, 1.165) is 49.0 Å². The monoisotopic (exact) mass is 410 g/mol. The number of nitrogens with two attached hydrogens (primary N) is 1. The lowest BCUT2D eigenvalue weighted by molar-refractivity contribution is -0.116. The molecule has 2 aliphatic rings. The zero-order valence-corrected chi connectivity index (χ0v) is 17.3. The average Bonchev–Trinajstić information content (AvgIpc) is 3.09. The molecule has 2 aromatic rings. The molecule has 1 aromatic heterocycles. The van der Waals surface area contributed by atoms with Crippen LogP contribution >= 0.6 is 11.3 Å². The molecule has 4 rings (SSSR count). The maximum atomic E-state index is 12.6. The van der Waals surface area contributed by atoms with E-state index in [2.05, 4.69) is 11.4 Å². The van der Waals surface area contributed by atoms with Gasteiger partial charge in [-0.3, -0.25) is 14.4 Å². The van der Waals surface area contributed by atoms with E-state index in [0.29, 0.717) is 16.1 Å². The van der Waals surface area contributed by atoms with Gasteiger partial charge in [-0.05, 0) is 74.1 Å². The normalized spacial score (nSPS) is 15.3. The van der Waals surface area contributed by atoms with Gasteiger partial charge >= 0.3 is 0 Å². The van der Waals surface area contributed by atoms with Crippen molar-refractivity contribution in [2.75, 3.05) is 5.32 Å². The minimum Gasteiger partial charge on any atom is -0.365 e. The quantitative estimate of drug-likeness (QED) is 0.699. The van der Waals surface area contributed by atoms with Crippen molar-refractivity contribution in [2.45, 2.75) is 64.2 Å². The van der Waals surface area contributed by atoms with Crippen molar-refractivity contribution in [3.8, 4) is 0 Å². The van der Waals surface area contributed by atoms with Crippen LogP contribution in [0, 0.1) is 0 Å². The first-order valence-corrected chi connectivity index (χ1v) is 11.2. The minimum absolute atomic E-state index is 0.0193. The molecular formula is C23H26N2O3S. The van der Waals surface area contributed by atoms with E-state index in [1.54, 1.807) is 0 Å². The number of ketones is 1. The van der Waals surface area contributed by atoms with Crippen LogP contribution in [0.5, 0.6) is 0 Å². The van der Waals surface area contributed by atoms with Crippen LogP contribution in [-0.4, -0.2) is 17.6 Å². The Morgan fingerprint density at radius 1 is 0.931 bits per heavy atom. The summed E-state index contributed by atoms with van der Waals surface area (Å²) < 4.78 is 0. The predicted octanol–water partition coefficient (Wildman–Crippen LogP) is 4.21. The summed E-state index contributed by atoms with van der Waals surface area (Å²) in [5.74, 6) is -0.767. The fourth-order valence-electron chi connectivity index (χ4n) is 4.38. The number of hydrogen-bond acceptors (Lipinski definition) is 4. The molecule has 2 aliphatic carbocycles. The van der Waals surface area contributed by atoms with Crippen molar-refractivity contribution in [3.05, 3.63) is 50.9 Å². The smallest absolute Gasteiger partial charge is 0.251 e. The summed E-state index contributed by atoms with van der Waals surface area (Å²) in [7, 11) is 0. The van der Waals surface area contributed by atoms with Crippen LogP contribution in [0.25, 0.3) is 0 Å². The summed E-state index contributed by atoms with van der Waals surface area (Å²) in [6.45, 7) is 0. The molecular weight excluding hydrogens is 384 g/mol. The number of carbonyl (C=O) groups excluding carboxylic acids is 3. The van der Waals surface area contributed by atoms with E-state index in [1.807, 2.05) is 12.1 Å². The number of amides is 2. The summed E-state index contributed by atoms with van der Waals surface area (Å²) >= 11 is 1.45. The number of benzene rings is 1. The molecule has 2 amide bonds. The summed E-state index contributed by atoms with van der Waals surface area (Å²) in [6.07, 6.45) is 8.61. The summed E-state index contributed by atoms with van der Waals surface area (Å²) in [6, 6.07) is 5.92. The van der Waals surface area contributed by atoms with Crippen molar-refractivity contribution in [3.63, 3.8) is 0 Å². The first kappa shape index (κ1) is 19.8. The molecule has 0 bridgehead atoms. The van der Waals surface area contributed by atoms with Crippen LogP contribution < -0.4 is 11.1 Å². The number of carbonyl (C=O) groups is 3. The molecule has 6 heteroatoms. The average molecular weight is 411 g/mol. The maximum absolute atomic E-state index is 12.6. The highest BCUT2D eigenvalue weighted by Crippen LogP contribution is 2.38. The van der Waals surface area contributed by atoms with E-state index in [4.69, 9.17) is 5.73 Å². The Morgan fingerprint density at radius 2 is 1.66 bits per heavy atom. The Kier molecular flexibility index (Phi) is 5.81. The molecule has 0 saturated carbocycles. The van der Waals surface area contributed by atoms with Crippen LogP contribution in [0.1, 0.15) is 80.8 Å². The highest BCUT2D eigenvalue weighted by atomic mass is 32.1. The number of nitrogens with one attached hydrogen (secondary N) is 1. The topological polar surface area (TPSA) is 89.3 Å². The molecule has 5 nitrogen and oxygen atoms in total. The molecule has 152 valence electrons. The first-order valence-electron chi connectivity index (χ1n) is 10.4. The lowest BCUT2D eigenvalue weighted by Crippen LogP contribution is -2.19. The second-order valence-electron chi connectivity index (χ2n) is 7.94. The standard InChI is InChI=1S/C23H26N2O3S/c24-22(28)21-17-7-3-4-8-19(17)29-23(21)25-20(27)12-11-18(26)16-10-9-14-5-1-2-6-15(14)13-16/h9-10,13H,1-8,11-12H2,(H2,24,28)(H,25,27). The summed E-state index contributed by atoms with van der Waals surface area (Å²) in [4.78, 5) is 38.1. The zero-order valence-electron chi connectivity index (χ0n) is 16.5. The van der Waals surface area contributed by atoms with Crippen LogP contribution in [-0.2, 0) is 30.5 Å². The van der Waals surface area contributed by atoms with Crippen molar-refractivity contribution < 1.29 is 14.4 Å². The summed E-state index contributed by atoms with van der Waals surface area (Å²) in [5.41, 5.74) is 10.3. The highest BCUT2D eigenvalue weighted by Gasteiger charge is 2.25. The molecule has 0 atom stereocenters. The number of primary amides is 1. The zero-order chi connectivity index (χ0) is 20.4. The number of anilines is 1. The SMILES string of the molecule is NC(=O)c1c(NC(=O)CCC(=O)c2ccc3c(c2)CCCC3)sc2c1CCCC2. The van der Waals surface area contributed by atoms with E-state index in [1.165, 1.54) is 35.3 Å². The van der Waals surface area contributed by atoms with Gasteiger partial charge in [0.2, 0.25) is 5.91 Å². The van der Waals surface area contributed by atoms with Gasteiger partial charge < -0.3 is 11.1 Å². The Balaban J connectivity index is 1.40. The van der Waals surface area contributed by atoms with E-state index in [-0.39, 0.29) is 24.5 Å². The van der Waals surface area contributed by atoms with Crippen molar-refractivity contribution in [1.29, 1.82) is 0 Å². The van der Waals surface area contributed by atoms with Crippen LogP contribution in [0.2, 0.25) is 0 Å². The number of Topliss-reactive ketones (excluding diaryl/α,β-unsaturated/α-hetero) is 1. The molecule has 3 N–H and O–H groups in total. The maximum Gasteiger partial charge on any atom is 0.251 e. The van der Waals surface area contributed by atoms with Gasteiger partial charge in [-0.2, -0.15) is 0 Å². The van der Waals surface area contributed by atoms with Gasteiger partial charge in [0.05, 0.1) is 5.56 Å². The Morgan fingerprint density at radius 3 is 2.45 bits per heavy atom. The predicted molar refractivity (Wildman–Crippen MR) is 115 cm³/mol. The number of aryl methyl sites for hydroxylation is 3. The fourth-order valence-corrected chi connectivity index (χ4v) is 5.69. The van der Waals surface area contributed by atoms with Gasteiger partial charge in [0, 0.05) is 23.3 Å². The minimum atomic E-state index is -0.496. The third kappa shape index (κ3) is 4.27. The molecule has 0 saturated heterocycles. The van der Waals surface area contributed by atoms with E-state index >= 15 is 0 Å². The van der Waals surface area contributed by atoms with Crippen molar-refractivity contribution >= 4 is 33.9 Å². The second kappa shape index (κ2) is 8.49. The van der Waals surface area contributed by atoms with E-state index < -0.39 is 5.91 Å². The number of fused-ring (bicyclic) bond motifs is 2. The van der Waals surface area contributed by atoms with Gasteiger partial charge in [-0.15, -0.1) is 11.3 Å². The lowest BCUT2D eigenvalue weighted by atomic mass is 9.89. The highest BCUT2D eigenvalue weighted by molar-refractivity contribution is 7.17. The number of rotatable bonds is 6. The van der Waals surface area contributed by atoms with Gasteiger partial charge in [-0.25, -0.2) is 0 Å². The lowest BCUT2D eigenvalue weighted by Gasteiger charge is -2.16. The number of hydrogen-bond donors (Lipinski definition) is 2. The van der Waals surface area contributed by atoms with Crippen molar-refractivity contribution in [2.24, 2.45) is 5.73 Å². The Hall–Kier alpha value is -2.47. The molecule has 0 radical (unpaired) electrons. The fraction of sp³-hybridized carbons (Fsp3) is 0.435. The van der Waals surface area contributed by atoms with Crippen LogP contribution in [0.15, 0.2) is 18.2 Å². The molecule has 1 aromatic carbocycles. The largest absolute Gasteiger partial charge is 0.365 e. The van der Waals surface area contributed by atoms with Gasteiger partial charge in [0.15, 0.2) is 5.78 Å². The van der Waals surface area contributed by atoms with Gasteiger partial charge in [-0.1, -0.05) is 12.1 Å². The van der Waals surface area contributed by atoms with Crippen molar-refractivity contribution in [1.82, 2.24) is 0 Å². The second-order valence-corrected chi connectivity index (χ2v) is 9.05. The van der Waals surface area contributed by atoms with Crippen LogP contribution in [0.4, 0.5) is 5.00 Å². The molecule has 0 unspecified atom stereocenters. The third-order valence-electron chi connectivity index (χ3n) is 5.92. The Bertz CT molecular complexity index is 977. The van der Waals surface area contributed by atoms with E-state index in [9.17, 15) is 14.4 Å². The summed E-state index contributed by atoms with van der Waals surface area (Å²) in [5, 5.41) is 3.37. The first-order chi connectivity index (χ1) is 14.0. The van der Waals surface area contributed by atoms with Crippen LogP contribution in [0.3, 0.4) is 0 Å². The third-order valence-corrected chi connectivity index (χ3v) is 7.13. The molecule has 29 heavy (non-hydrogen) atoms. The van der Waals surface area contributed by atoms with Gasteiger partial charge in [0.1, 0.15) is 5.00 Å². The molecule has 0 aliphatic heterocycles. The molecule has 0 fully saturated rings. The molecule has 1 heterocycles. The number of thiophene rings is 1. The van der Waals surface area contributed by atoms with Gasteiger partial charge in [0.25, 0.3) is 5.91 Å². The Labute approximate surface area is 174 Å². The molecule has 0 spiro atoms.